The third kappa shape index (κ3) is 4.59. The van der Waals surface area contributed by atoms with Crippen molar-refractivity contribution in [1.29, 1.82) is 0 Å². The van der Waals surface area contributed by atoms with Gasteiger partial charge in [-0.15, -0.1) is 0 Å². The molecule has 0 saturated carbocycles. The van der Waals surface area contributed by atoms with Crippen LogP contribution in [-0.2, 0) is 13.1 Å². The number of carbonyl (C=O) groups is 1. The number of rotatable bonds is 5. The highest BCUT2D eigenvalue weighted by atomic mass is 16.2. The maximum Gasteiger partial charge on any atom is 0.317 e. The summed E-state index contributed by atoms with van der Waals surface area (Å²) in [6, 6.07) is 4.34. The number of piperidine rings is 1. The average Bonchev–Trinajstić information content (AvgIpc) is 3.14. The smallest absolute Gasteiger partial charge is 0.317 e. The average molecular weight is 341 g/mol. The lowest BCUT2D eigenvalue weighted by Gasteiger charge is -2.35. The second-order valence-electron chi connectivity index (χ2n) is 6.81. The van der Waals surface area contributed by atoms with E-state index in [9.17, 15) is 4.79 Å². The minimum Gasteiger partial charge on any atom is -0.334 e. The van der Waals surface area contributed by atoms with Crippen molar-refractivity contribution in [3.8, 4) is 0 Å². The molecule has 134 valence electrons. The Hall–Kier alpha value is -2.37. The molecule has 1 aliphatic heterocycles. The molecule has 1 aliphatic rings. The number of hydrogen-bond acceptors (Lipinski definition) is 3. The van der Waals surface area contributed by atoms with Gasteiger partial charge in [-0.3, -0.25) is 9.67 Å². The Morgan fingerprint density at radius 1 is 1.36 bits per heavy atom. The van der Waals surface area contributed by atoms with Crippen molar-refractivity contribution < 1.29 is 4.79 Å². The first-order valence-corrected chi connectivity index (χ1v) is 9.07. The number of carbonyl (C=O) groups excluding carboxylic acids is 1. The van der Waals surface area contributed by atoms with Gasteiger partial charge in [0.1, 0.15) is 0 Å². The lowest BCUT2D eigenvalue weighted by Crippen LogP contribution is -2.48. The zero-order chi connectivity index (χ0) is 17.6. The van der Waals surface area contributed by atoms with Gasteiger partial charge in [0.2, 0.25) is 0 Å². The summed E-state index contributed by atoms with van der Waals surface area (Å²) in [5, 5.41) is 7.32. The van der Waals surface area contributed by atoms with E-state index in [1.807, 2.05) is 41.9 Å². The number of aromatic nitrogens is 3. The van der Waals surface area contributed by atoms with Crippen LogP contribution in [0.15, 0.2) is 30.7 Å². The van der Waals surface area contributed by atoms with Gasteiger partial charge in [-0.1, -0.05) is 6.07 Å². The summed E-state index contributed by atoms with van der Waals surface area (Å²) < 4.78 is 1.94. The molecule has 1 N–H and O–H groups in total. The molecule has 0 spiro atoms. The van der Waals surface area contributed by atoms with E-state index in [2.05, 4.69) is 21.5 Å². The number of amides is 2. The van der Waals surface area contributed by atoms with Gasteiger partial charge in [-0.2, -0.15) is 5.10 Å². The van der Waals surface area contributed by atoms with Gasteiger partial charge < -0.3 is 10.2 Å². The number of pyridine rings is 1. The Balaban J connectivity index is 1.55. The summed E-state index contributed by atoms with van der Waals surface area (Å²) in [6.45, 7) is 6.25. The molecule has 1 fully saturated rings. The number of aryl methyl sites for hydroxylation is 3. The first kappa shape index (κ1) is 17.5. The van der Waals surface area contributed by atoms with Crippen LogP contribution in [0.4, 0.5) is 4.79 Å². The van der Waals surface area contributed by atoms with E-state index in [-0.39, 0.29) is 12.1 Å². The van der Waals surface area contributed by atoms with Gasteiger partial charge in [0.25, 0.3) is 0 Å². The molecule has 0 unspecified atom stereocenters. The Labute approximate surface area is 149 Å². The maximum atomic E-state index is 12.7. The van der Waals surface area contributed by atoms with Crippen LogP contribution >= 0.6 is 0 Å². The van der Waals surface area contributed by atoms with Crippen LogP contribution in [0.3, 0.4) is 0 Å². The van der Waals surface area contributed by atoms with E-state index in [4.69, 9.17) is 0 Å². The molecule has 2 aromatic heterocycles. The van der Waals surface area contributed by atoms with E-state index in [1.54, 1.807) is 6.20 Å². The summed E-state index contributed by atoms with van der Waals surface area (Å²) in [5.41, 5.74) is 3.23. The summed E-state index contributed by atoms with van der Waals surface area (Å²) in [6.07, 6.45) is 9.89. The molecule has 6 heteroatoms. The van der Waals surface area contributed by atoms with Gasteiger partial charge in [-0.25, -0.2) is 4.79 Å². The van der Waals surface area contributed by atoms with Gasteiger partial charge >= 0.3 is 6.03 Å². The Kier molecular flexibility index (Phi) is 5.68. The minimum atomic E-state index is 0.0309. The SMILES string of the molecule is Cc1cc(CNC(=O)N2CCCC[C@H]2CCn2cccn2)cnc1C. The Morgan fingerprint density at radius 3 is 3.00 bits per heavy atom. The molecule has 0 aromatic carbocycles. The lowest BCUT2D eigenvalue weighted by atomic mass is 10.00. The molecule has 6 nitrogen and oxygen atoms in total. The predicted octanol–water partition coefficient (Wildman–Crippen LogP) is 3.05. The molecule has 0 radical (unpaired) electrons. The van der Waals surface area contributed by atoms with Crippen LogP contribution in [0.25, 0.3) is 0 Å². The quantitative estimate of drug-likeness (QED) is 0.909. The molecular weight excluding hydrogens is 314 g/mol. The monoisotopic (exact) mass is 341 g/mol. The van der Waals surface area contributed by atoms with E-state index < -0.39 is 0 Å². The van der Waals surface area contributed by atoms with Crippen LogP contribution in [0, 0.1) is 13.8 Å². The number of nitrogens with one attached hydrogen (secondary N) is 1. The molecular formula is C19H27N5O. The molecule has 2 amide bonds. The highest BCUT2D eigenvalue weighted by molar-refractivity contribution is 5.74. The largest absolute Gasteiger partial charge is 0.334 e. The molecule has 3 rings (SSSR count). The zero-order valence-electron chi connectivity index (χ0n) is 15.1. The summed E-state index contributed by atoms with van der Waals surface area (Å²) in [4.78, 5) is 19.0. The van der Waals surface area contributed by atoms with Gasteiger partial charge in [-0.05, 0) is 56.7 Å². The van der Waals surface area contributed by atoms with Crippen LogP contribution in [0.1, 0.15) is 42.5 Å². The van der Waals surface area contributed by atoms with E-state index in [0.29, 0.717) is 6.54 Å². The topological polar surface area (TPSA) is 63.1 Å². The van der Waals surface area contributed by atoms with Crippen molar-refractivity contribution >= 4 is 6.03 Å². The van der Waals surface area contributed by atoms with Crippen molar-refractivity contribution in [3.05, 3.63) is 47.5 Å². The van der Waals surface area contributed by atoms with E-state index in [0.717, 1.165) is 49.2 Å². The van der Waals surface area contributed by atoms with Gasteiger partial charge in [0.05, 0.1) is 0 Å². The first-order chi connectivity index (χ1) is 12.1. The molecule has 2 aromatic rings. The third-order valence-corrected chi connectivity index (χ3v) is 4.98. The maximum absolute atomic E-state index is 12.7. The fourth-order valence-corrected chi connectivity index (χ4v) is 3.36. The van der Waals surface area contributed by atoms with Crippen LogP contribution < -0.4 is 5.32 Å². The highest BCUT2D eigenvalue weighted by Crippen LogP contribution is 2.20. The fraction of sp³-hybridized carbons (Fsp3) is 0.526. The van der Waals surface area contributed by atoms with Crippen molar-refractivity contribution in [1.82, 2.24) is 25.0 Å². The van der Waals surface area contributed by atoms with Gasteiger partial charge in [0, 0.05) is 50.0 Å². The number of likely N-dealkylation sites (tertiary alicyclic amines) is 1. The molecule has 3 heterocycles. The Morgan fingerprint density at radius 2 is 2.24 bits per heavy atom. The fourth-order valence-electron chi connectivity index (χ4n) is 3.36. The third-order valence-electron chi connectivity index (χ3n) is 4.98. The lowest BCUT2D eigenvalue weighted by molar-refractivity contribution is 0.143. The van der Waals surface area contributed by atoms with Gasteiger partial charge in [0.15, 0.2) is 0 Å². The van der Waals surface area contributed by atoms with Crippen LogP contribution in [-0.4, -0.2) is 38.3 Å². The molecule has 25 heavy (non-hydrogen) atoms. The van der Waals surface area contributed by atoms with E-state index >= 15 is 0 Å². The molecule has 0 bridgehead atoms. The molecule has 1 atom stereocenters. The highest BCUT2D eigenvalue weighted by Gasteiger charge is 2.26. The number of hydrogen-bond donors (Lipinski definition) is 1. The number of nitrogens with zero attached hydrogens (tertiary/aromatic N) is 4. The van der Waals surface area contributed by atoms with Crippen molar-refractivity contribution in [2.24, 2.45) is 0 Å². The standard InChI is InChI=1S/C19H27N5O/c1-15-12-17(13-20-16(15)2)14-21-19(25)24-10-4-3-6-18(24)7-11-23-9-5-8-22-23/h5,8-9,12-13,18H,3-4,6-7,10-11,14H2,1-2H3,(H,21,25)/t18-/m0/s1. The predicted molar refractivity (Wildman–Crippen MR) is 97.1 cm³/mol. The molecule has 1 saturated heterocycles. The van der Waals surface area contributed by atoms with E-state index in [1.165, 1.54) is 6.42 Å². The molecule has 0 aliphatic carbocycles. The zero-order valence-corrected chi connectivity index (χ0v) is 15.1. The van der Waals surface area contributed by atoms with Crippen LogP contribution in [0.2, 0.25) is 0 Å². The summed E-state index contributed by atoms with van der Waals surface area (Å²) in [5.74, 6) is 0. The van der Waals surface area contributed by atoms with Crippen molar-refractivity contribution in [2.75, 3.05) is 6.54 Å². The first-order valence-electron chi connectivity index (χ1n) is 9.07. The van der Waals surface area contributed by atoms with Crippen molar-refractivity contribution in [3.63, 3.8) is 0 Å². The second-order valence-corrected chi connectivity index (χ2v) is 6.81. The summed E-state index contributed by atoms with van der Waals surface area (Å²) >= 11 is 0. The second kappa shape index (κ2) is 8.14. The van der Waals surface area contributed by atoms with Crippen molar-refractivity contribution in [2.45, 2.75) is 58.7 Å². The normalized spacial score (nSPS) is 17.5. The summed E-state index contributed by atoms with van der Waals surface area (Å²) in [7, 11) is 0. The van der Waals surface area contributed by atoms with Crippen LogP contribution in [0.5, 0.6) is 0 Å². The Bertz CT molecular complexity index is 698. The number of urea groups is 1. The minimum absolute atomic E-state index is 0.0309.